The number of hydrogen-bond acceptors (Lipinski definition) is 4. The zero-order valence-corrected chi connectivity index (χ0v) is 16.0. The SMILES string of the molecule is Cc1ccc(CCNc2cnn(-c3ccc(C)c(Cl)c3)c(=O)c2Cl)cn1. The average molecular weight is 389 g/mol. The number of aryl methyl sites for hydroxylation is 2. The van der Waals surface area contributed by atoms with Gasteiger partial charge >= 0.3 is 0 Å². The second-order valence-electron chi connectivity index (χ2n) is 6.01. The third kappa shape index (κ3) is 4.06. The largest absolute Gasteiger partial charge is 0.382 e. The summed E-state index contributed by atoms with van der Waals surface area (Å²) in [6.45, 7) is 4.46. The van der Waals surface area contributed by atoms with Gasteiger partial charge in [0.2, 0.25) is 0 Å². The Balaban J connectivity index is 1.75. The van der Waals surface area contributed by atoms with Gasteiger partial charge in [0, 0.05) is 23.5 Å². The molecule has 1 N–H and O–H groups in total. The van der Waals surface area contributed by atoms with Crippen molar-refractivity contribution in [3.8, 4) is 5.69 Å². The van der Waals surface area contributed by atoms with Gasteiger partial charge in [0.15, 0.2) is 0 Å². The molecule has 3 rings (SSSR count). The van der Waals surface area contributed by atoms with Crippen LogP contribution in [0.4, 0.5) is 5.69 Å². The molecular formula is C19H18Cl2N4O. The number of pyridine rings is 1. The van der Waals surface area contributed by atoms with Crippen molar-refractivity contribution in [1.82, 2.24) is 14.8 Å². The van der Waals surface area contributed by atoms with Crippen molar-refractivity contribution in [1.29, 1.82) is 0 Å². The molecule has 2 heterocycles. The molecule has 26 heavy (non-hydrogen) atoms. The topological polar surface area (TPSA) is 59.8 Å². The molecule has 0 unspecified atom stereocenters. The summed E-state index contributed by atoms with van der Waals surface area (Å²) in [5, 5.41) is 8.02. The van der Waals surface area contributed by atoms with Crippen LogP contribution >= 0.6 is 23.2 Å². The second-order valence-corrected chi connectivity index (χ2v) is 6.79. The molecule has 0 saturated heterocycles. The molecule has 3 aromatic rings. The molecule has 0 saturated carbocycles. The van der Waals surface area contributed by atoms with Crippen molar-refractivity contribution in [3.05, 3.63) is 79.9 Å². The monoisotopic (exact) mass is 388 g/mol. The summed E-state index contributed by atoms with van der Waals surface area (Å²) >= 11 is 12.4. The molecule has 0 amide bonds. The van der Waals surface area contributed by atoms with Gasteiger partial charge in [0.05, 0.1) is 17.6 Å². The molecule has 5 nitrogen and oxygen atoms in total. The Hall–Kier alpha value is -2.37. The van der Waals surface area contributed by atoms with Gasteiger partial charge in [-0.1, -0.05) is 35.3 Å². The van der Waals surface area contributed by atoms with Gasteiger partial charge in [0.1, 0.15) is 5.02 Å². The first-order valence-electron chi connectivity index (χ1n) is 8.15. The Morgan fingerprint density at radius 2 is 1.92 bits per heavy atom. The van der Waals surface area contributed by atoms with E-state index in [0.29, 0.717) is 22.9 Å². The first kappa shape index (κ1) is 18.4. The molecule has 0 aliphatic heterocycles. The van der Waals surface area contributed by atoms with Crippen LogP contribution in [0.2, 0.25) is 10.0 Å². The van der Waals surface area contributed by atoms with Crippen LogP contribution in [0.5, 0.6) is 0 Å². The summed E-state index contributed by atoms with van der Waals surface area (Å²) in [7, 11) is 0. The van der Waals surface area contributed by atoms with E-state index in [1.807, 2.05) is 38.2 Å². The van der Waals surface area contributed by atoms with E-state index in [1.165, 1.54) is 4.68 Å². The predicted octanol–water partition coefficient (Wildman–Crippen LogP) is 4.21. The van der Waals surface area contributed by atoms with Crippen molar-refractivity contribution >= 4 is 28.9 Å². The van der Waals surface area contributed by atoms with E-state index in [4.69, 9.17) is 23.2 Å². The molecule has 0 aliphatic rings. The minimum Gasteiger partial charge on any atom is -0.382 e. The van der Waals surface area contributed by atoms with Gasteiger partial charge in [-0.05, 0) is 49.6 Å². The first-order chi connectivity index (χ1) is 12.5. The van der Waals surface area contributed by atoms with Crippen LogP contribution in [0.25, 0.3) is 5.69 Å². The number of benzene rings is 1. The number of rotatable bonds is 5. The summed E-state index contributed by atoms with van der Waals surface area (Å²) in [4.78, 5) is 16.8. The third-order valence-electron chi connectivity index (χ3n) is 4.02. The maximum Gasteiger partial charge on any atom is 0.292 e. The number of aromatic nitrogens is 3. The predicted molar refractivity (Wildman–Crippen MR) is 106 cm³/mol. The van der Waals surface area contributed by atoms with E-state index in [9.17, 15) is 4.79 Å². The Bertz CT molecular complexity index is 984. The van der Waals surface area contributed by atoms with Gasteiger partial charge in [-0.25, -0.2) is 0 Å². The molecule has 1 aromatic carbocycles. The molecule has 0 bridgehead atoms. The Kier molecular flexibility index (Phi) is 5.59. The molecule has 0 aliphatic carbocycles. The normalized spacial score (nSPS) is 10.8. The van der Waals surface area contributed by atoms with Gasteiger partial charge in [-0.2, -0.15) is 9.78 Å². The van der Waals surface area contributed by atoms with E-state index < -0.39 is 5.56 Å². The smallest absolute Gasteiger partial charge is 0.292 e. The highest BCUT2D eigenvalue weighted by molar-refractivity contribution is 6.33. The van der Waals surface area contributed by atoms with Crippen LogP contribution in [0.3, 0.4) is 0 Å². The van der Waals surface area contributed by atoms with E-state index in [1.54, 1.807) is 18.3 Å². The first-order valence-corrected chi connectivity index (χ1v) is 8.91. The average Bonchev–Trinajstić information content (AvgIpc) is 2.63. The highest BCUT2D eigenvalue weighted by atomic mass is 35.5. The number of nitrogens with one attached hydrogen (secondary N) is 1. The van der Waals surface area contributed by atoms with Crippen molar-refractivity contribution in [2.45, 2.75) is 20.3 Å². The standard InChI is InChI=1S/C19H18Cl2N4O/c1-12-3-6-15(9-16(12)20)25-19(26)18(21)17(11-24-25)22-8-7-14-5-4-13(2)23-10-14/h3-6,9-11,22H,7-8H2,1-2H3. The van der Waals surface area contributed by atoms with Crippen molar-refractivity contribution in [2.24, 2.45) is 0 Å². The van der Waals surface area contributed by atoms with Crippen LogP contribution in [-0.2, 0) is 6.42 Å². The molecule has 0 fully saturated rings. The van der Waals surface area contributed by atoms with E-state index >= 15 is 0 Å². The van der Waals surface area contributed by atoms with Crippen molar-refractivity contribution in [3.63, 3.8) is 0 Å². The fraction of sp³-hybridized carbons (Fsp3) is 0.211. The molecular weight excluding hydrogens is 371 g/mol. The summed E-state index contributed by atoms with van der Waals surface area (Å²) in [6, 6.07) is 9.31. The van der Waals surface area contributed by atoms with Gasteiger partial charge in [-0.15, -0.1) is 0 Å². The van der Waals surface area contributed by atoms with Crippen molar-refractivity contribution in [2.75, 3.05) is 11.9 Å². The fourth-order valence-corrected chi connectivity index (χ4v) is 2.81. The molecule has 134 valence electrons. The van der Waals surface area contributed by atoms with Crippen LogP contribution in [-0.4, -0.2) is 21.3 Å². The zero-order valence-electron chi connectivity index (χ0n) is 14.5. The van der Waals surface area contributed by atoms with Crippen LogP contribution in [0.15, 0.2) is 47.5 Å². The molecule has 0 atom stereocenters. The van der Waals surface area contributed by atoms with Crippen molar-refractivity contribution < 1.29 is 0 Å². The van der Waals surface area contributed by atoms with Gasteiger partial charge in [0.25, 0.3) is 5.56 Å². The third-order valence-corrected chi connectivity index (χ3v) is 4.79. The number of nitrogens with zero attached hydrogens (tertiary/aromatic N) is 3. The summed E-state index contributed by atoms with van der Waals surface area (Å²) < 4.78 is 1.24. The van der Waals surface area contributed by atoms with E-state index in [2.05, 4.69) is 15.4 Å². The van der Waals surface area contributed by atoms with Crippen LogP contribution in [0, 0.1) is 13.8 Å². The van der Waals surface area contributed by atoms with Gasteiger partial charge in [-0.3, -0.25) is 9.78 Å². The quantitative estimate of drug-likeness (QED) is 0.711. The Labute approximate surface area is 161 Å². The molecule has 2 aromatic heterocycles. The number of hydrogen-bond donors (Lipinski definition) is 1. The lowest BCUT2D eigenvalue weighted by molar-refractivity contribution is 0.806. The second kappa shape index (κ2) is 7.89. The Morgan fingerprint density at radius 1 is 1.12 bits per heavy atom. The lowest BCUT2D eigenvalue weighted by Gasteiger charge is -2.11. The lowest BCUT2D eigenvalue weighted by Crippen LogP contribution is -2.23. The Morgan fingerprint density at radius 3 is 2.62 bits per heavy atom. The minimum absolute atomic E-state index is 0.0960. The molecule has 7 heteroatoms. The zero-order chi connectivity index (χ0) is 18.7. The van der Waals surface area contributed by atoms with E-state index in [-0.39, 0.29) is 5.02 Å². The minimum atomic E-state index is -0.395. The maximum absolute atomic E-state index is 12.5. The number of halogens is 2. The number of anilines is 1. The van der Waals surface area contributed by atoms with Crippen LogP contribution in [0.1, 0.15) is 16.8 Å². The molecule has 0 radical (unpaired) electrons. The summed E-state index contributed by atoms with van der Waals surface area (Å²) in [5.74, 6) is 0. The summed E-state index contributed by atoms with van der Waals surface area (Å²) in [5.41, 5.74) is 3.70. The lowest BCUT2D eigenvalue weighted by atomic mass is 10.2. The van der Waals surface area contributed by atoms with Gasteiger partial charge < -0.3 is 5.32 Å². The fourth-order valence-electron chi connectivity index (χ4n) is 2.44. The highest BCUT2D eigenvalue weighted by Crippen LogP contribution is 2.20. The molecule has 0 spiro atoms. The maximum atomic E-state index is 12.5. The van der Waals surface area contributed by atoms with Crippen LogP contribution < -0.4 is 10.9 Å². The summed E-state index contributed by atoms with van der Waals surface area (Å²) in [6.07, 6.45) is 4.15. The highest BCUT2D eigenvalue weighted by Gasteiger charge is 2.11. The van der Waals surface area contributed by atoms with E-state index in [0.717, 1.165) is 23.2 Å².